The fourth-order valence-electron chi connectivity index (χ4n) is 4.47. The van der Waals surface area contributed by atoms with Gasteiger partial charge in [0.05, 0.1) is 22.4 Å². The number of benzene rings is 1. The van der Waals surface area contributed by atoms with E-state index >= 15 is 0 Å². The molecule has 7 nitrogen and oxygen atoms in total. The molecule has 0 aliphatic heterocycles. The normalized spacial score (nSPS) is 15.2. The summed E-state index contributed by atoms with van der Waals surface area (Å²) in [5.74, 6) is -0.968. The van der Waals surface area contributed by atoms with Gasteiger partial charge >= 0.3 is 6.18 Å². The van der Waals surface area contributed by atoms with Crippen LogP contribution in [0.2, 0.25) is 0 Å². The molecule has 3 rings (SSSR count). The number of sulfone groups is 2. The van der Waals surface area contributed by atoms with Crippen LogP contribution in [-0.4, -0.2) is 55.7 Å². The van der Waals surface area contributed by atoms with Gasteiger partial charge in [-0.25, -0.2) is 26.2 Å². The summed E-state index contributed by atoms with van der Waals surface area (Å²) in [6, 6.07) is 5.31. The lowest BCUT2D eigenvalue weighted by atomic mass is 9.73. The van der Waals surface area contributed by atoms with Gasteiger partial charge in [-0.2, -0.15) is 13.2 Å². The predicted molar refractivity (Wildman–Crippen MR) is 130 cm³/mol. The molecule has 1 atom stereocenters. The second kappa shape index (κ2) is 9.66. The lowest BCUT2D eigenvalue weighted by molar-refractivity contribution is -0.266. The summed E-state index contributed by atoms with van der Waals surface area (Å²) >= 11 is 0. The molecule has 0 spiro atoms. The lowest BCUT2D eigenvalue weighted by Gasteiger charge is -2.38. The number of H-pyrrole nitrogens is 1. The van der Waals surface area contributed by atoms with Gasteiger partial charge in [-0.15, -0.1) is 0 Å². The molecule has 0 saturated carbocycles. The SMILES string of the molecule is CCCS(=O)(=O)c1cc2cc(CC(O)(CC(C)(C)c3cc(F)ccc3S(C)(=O)=O)C(F)(F)F)[nH]c2cn1. The third kappa shape index (κ3) is 6.15. The summed E-state index contributed by atoms with van der Waals surface area (Å²) < 4.78 is 106. The second-order valence-corrected chi connectivity index (χ2v) is 13.9. The molecule has 2 aromatic heterocycles. The van der Waals surface area contributed by atoms with E-state index in [4.69, 9.17) is 0 Å². The highest BCUT2D eigenvalue weighted by Gasteiger charge is 2.56. The van der Waals surface area contributed by atoms with E-state index in [1.807, 2.05) is 0 Å². The van der Waals surface area contributed by atoms with Gasteiger partial charge in [-0.05, 0) is 54.2 Å². The molecule has 3 aromatic rings. The van der Waals surface area contributed by atoms with Crippen molar-refractivity contribution in [3.8, 4) is 0 Å². The lowest BCUT2D eigenvalue weighted by Crippen LogP contribution is -2.51. The first-order chi connectivity index (χ1) is 16.8. The Bertz CT molecular complexity index is 1530. The standard InChI is InChI=1S/C24H28F4N2O5S2/c1-5-8-37(34,35)21-10-15-9-17(30-19(15)13-29-21)12-23(31,24(26,27)28)14-22(2,3)18-11-16(25)6-7-20(18)36(4,32)33/h6-7,9-11,13,30-31H,5,8,12,14H2,1-4H3. The number of aromatic nitrogens is 2. The predicted octanol–water partition coefficient (Wildman–Crippen LogP) is 4.49. The molecule has 0 aliphatic rings. The van der Waals surface area contributed by atoms with Crippen LogP contribution in [-0.2, 0) is 31.5 Å². The van der Waals surface area contributed by atoms with E-state index in [1.165, 1.54) is 32.2 Å². The zero-order valence-electron chi connectivity index (χ0n) is 20.6. The van der Waals surface area contributed by atoms with Crippen molar-refractivity contribution in [2.75, 3.05) is 12.0 Å². The Kier molecular flexibility index (Phi) is 7.59. The Morgan fingerprint density at radius 2 is 1.70 bits per heavy atom. The molecule has 204 valence electrons. The van der Waals surface area contributed by atoms with Crippen LogP contribution < -0.4 is 0 Å². The van der Waals surface area contributed by atoms with Crippen molar-refractivity contribution in [3.05, 3.63) is 53.6 Å². The number of nitrogens with one attached hydrogen (secondary N) is 1. The van der Waals surface area contributed by atoms with Crippen molar-refractivity contribution < 1.29 is 39.5 Å². The third-order valence-electron chi connectivity index (χ3n) is 6.14. The van der Waals surface area contributed by atoms with Gasteiger partial charge in [0.1, 0.15) is 5.82 Å². The summed E-state index contributed by atoms with van der Waals surface area (Å²) in [5, 5.41) is 11.0. The molecule has 0 bridgehead atoms. The van der Waals surface area contributed by atoms with E-state index in [1.54, 1.807) is 6.92 Å². The van der Waals surface area contributed by atoms with Crippen LogP contribution in [0.4, 0.5) is 17.6 Å². The molecule has 0 radical (unpaired) electrons. The molecule has 0 fully saturated rings. The molecular formula is C24H28F4N2O5S2. The molecule has 0 aliphatic carbocycles. The Labute approximate surface area is 212 Å². The van der Waals surface area contributed by atoms with E-state index in [-0.39, 0.29) is 32.4 Å². The van der Waals surface area contributed by atoms with E-state index in [9.17, 15) is 39.5 Å². The van der Waals surface area contributed by atoms with Gasteiger partial charge in [0.2, 0.25) is 0 Å². The molecule has 13 heteroatoms. The van der Waals surface area contributed by atoms with E-state index in [0.717, 1.165) is 24.5 Å². The van der Waals surface area contributed by atoms with Gasteiger partial charge in [-0.3, -0.25) is 0 Å². The number of alkyl halides is 3. The maximum absolute atomic E-state index is 14.3. The Balaban J connectivity index is 2.04. The number of aromatic amines is 1. The molecule has 2 N–H and O–H groups in total. The first-order valence-electron chi connectivity index (χ1n) is 11.3. The molecule has 37 heavy (non-hydrogen) atoms. The zero-order chi connectivity index (χ0) is 28.0. The molecule has 1 unspecified atom stereocenters. The summed E-state index contributed by atoms with van der Waals surface area (Å²) in [4.78, 5) is 6.30. The highest BCUT2D eigenvalue weighted by atomic mass is 32.2. The molecule has 0 saturated heterocycles. The van der Waals surface area contributed by atoms with Crippen molar-refractivity contribution in [3.63, 3.8) is 0 Å². The van der Waals surface area contributed by atoms with Gasteiger partial charge in [-0.1, -0.05) is 20.8 Å². The van der Waals surface area contributed by atoms with Crippen molar-refractivity contribution >= 4 is 30.6 Å². The Morgan fingerprint density at radius 3 is 2.27 bits per heavy atom. The molecule has 1 aromatic carbocycles. The van der Waals surface area contributed by atoms with Crippen molar-refractivity contribution in [1.29, 1.82) is 0 Å². The third-order valence-corrected chi connectivity index (χ3v) is 9.10. The minimum Gasteiger partial charge on any atom is -0.380 e. The molecule has 2 heterocycles. The number of rotatable bonds is 9. The largest absolute Gasteiger partial charge is 0.417 e. The Morgan fingerprint density at radius 1 is 1.05 bits per heavy atom. The van der Waals surface area contributed by atoms with Gasteiger partial charge in [0, 0.05) is 23.8 Å². The monoisotopic (exact) mass is 564 g/mol. The van der Waals surface area contributed by atoms with Gasteiger partial charge in [0.15, 0.2) is 30.3 Å². The highest BCUT2D eigenvalue weighted by Crippen LogP contribution is 2.44. The van der Waals surface area contributed by atoms with Crippen molar-refractivity contribution in [2.45, 2.75) is 67.1 Å². The van der Waals surface area contributed by atoms with E-state index < -0.39 is 55.5 Å². The minimum absolute atomic E-state index is 0.0416. The van der Waals surface area contributed by atoms with Crippen LogP contribution in [0.5, 0.6) is 0 Å². The van der Waals surface area contributed by atoms with Gasteiger partial charge < -0.3 is 10.1 Å². The fraction of sp³-hybridized carbons (Fsp3) is 0.458. The average molecular weight is 565 g/mol. The first-order valence-corrected chi connectivity index (χ1v) is 14.8. The smallest absolute Gasteiger partial charge is 0.380 e. The number of halogens is 4. The van der Waals surface area contributed by atoms with E-state index in [2.05, 4.69) is 9.97 Å². The average Bonchev–Trinajstić information content (AvgIpc) is 3.12. The summed E-state index contributed by atoms with van der Waals surface area (Å²) in [5.41, 5.74) is -4.92. The number of nitrogens with zero attached hydrogens (tertiary/aromatic N) is 1. The number of fused-ring (bicyclic) bond motifs is 1. The quantitative estimate of drug-likeness (QED) is 0.292. The number of hydrogen-bond acceptors (Lipinski definition) is 6. The fourth-order valence-corrected chi connectivity index (χ4v) is 6.79. The van der Waals surface area contributed by atoms with Crippen LogP contribution in [0.3, 0.4) is 0 Å². The van der Waals surface area contributed by atoms with Crippen LogP contribution in [0, 0.1) is 5.82 Å². The van der Waals surface area contributed by atoms with Crippen LogP contribution in [0.1, 0.15) is 44.9 Å². The number of pyridine rings is 1. The summed E-state index contributed by atoms with van der Waals surface area (Å²) in [6.07, 6.45) is -4.66. The molecular weight excluding hydrogens is 536 g/mol. The van der Waals surface area contributed by atoms with Crippen LogP contribution >= 0.6 is 0 Å². The summed E-state index contributed by atoms with van der Waals surface area (Å²) in [7, 11) is -7.57. The number of hydrogen-bond donors (Lipinski definition) is 2. The minimum atomic E-state index is -5.14. The topological polar surface area (TPSA) is 117 Å². The summed E-state index contributed by atoms with van der Waals surface area (Å²) in [6.45, 7) is 4.28. The Hall–Kier alpha value is -2.51. The maximum atomic E-state index is 14.3. The second-order valence-electron chi connectivity index (χ2n) is 9.90. The zero-order valence-corrected chi connectivity index (χ0v) is 22.3. The maximum Gasteiger partial charge on any atom is 0.417 e. The first kappa shape index (κ1) is 29.1. The van der Waals surface area contributed by atoms with Crippen LogP contribution in [0.15, 0.2) is 46.5 Å². The number of aliphatic hydroxyl groups is 1. The van der Waals surface area contributed by atoms with Gasteiger partial charge in [0.25, 0.3) is 0 Å². The van der Waals surface area contributed by atoms with Crippen LogP contribution in [0.25, 0.3) is 10.9 Å². The van der Waals surface area contributed by atoms with Crippen molar-refractivity contribution in [1.82, 2.24) is 9.97 Å². The van der Waals surface area contributed by atoms with Crippen molar-refractivity contribution in [2.24, 2.45) is 0 Å². The molecule has 0 amide bonds. The highest BCUT2D eigenvalue weighted by molar-refractivity contribution is 7.91. The van der Waals surface area contributed by atoms with E-state index in [0.29, 0.717) is 11.8 Å².